The quantitative estimate of drug-likeness (QED) is 0.880. The standard InChI is InChI=1S/C20H30FN3O/c1-2-23-13-12-18(15-23)22-20(25)24(19-6-4-3-5-7-19)14-16-8-10-17(21)11-9-16/h8-11,18-19H,2-7,12-15H2,1H3,(H,22,25)/t18-/m0/s1. The van der Waals surface area contributed by atoms with E-state index >= 15 is 0 Å². The van der Waals surface area contributed by atoms with Gasteiger partial charge < -0.3 is 15.1 Å². The van der Waals surface area contributed by atoms with Crippen molar-refractivity contribution in [2.75, 3.05) is 19.6 Å². The predicted octanol–water partition coefficient (Wildman–Crippen LogP) is 3.76. The highest BCUT2D eigenvalue weighted by atomic mass is 19.1. The Labute approximate surface area is 150 Å². The molecule has 1 aromatic rings. The maximum Gasteiger partial charge on any atom is 0.318 e. The van der Waals surface area contributed by atoms with Gasteiger partial charge in [-0.2, -0.15) is 0 Å². The number of carbonyl (C=O) groups excluding carboxylic acids is 1. The average Bonchev–Trinajstić information content (AvgIpc) is 3.09. The molecule has 1 atom stereocenters. The van der Waals surface area contributed by atoms with Crippen molar-refractivity contribution in [1.29, 1.82) is 0 Å². The number of likely N-dealkylation sites (tertiary alicyclic amines) is 1. The lowest BCUT2D eigenvalue weighted by molar-refractivity contribution is 0.148. The molecule has 4 nitrogen and oxygen atoms in total. The summed E-state index contributed by atoms with van der Waals surface area (Å²) in [6.07, 6.45) is 6.79. The molecule has 1 N–H and O–H groups in total. The molecule has 3 rings (SSSR count). The summed E-state index contributed by atoms with van der Waals surface area (Å²) in [6, 6.07) is 7.10. The SMILES string of the molecule is CCN1CC[C@H](NC(=O)N(Cc2ccc(F)cc2)C2CCCCC2)C1. The number of hydrogen-bond acceptors (Lipinski definition) is 2. The first kappa shape index (κ1) is 18.2. The van der Waals surface area contributed by atoms with Crippen molar-refractivity contribution in [2.24, 2.45) is 0 Å². The number of carbonyl (C=O) groups is 1. The molecule has 1 saturated heterocycles. The van der Waals surface area contributed by atoms with Gasteiger partial charge in [-0.3, -0.25) is 0 Å². The van der Waals surface area contributed by atoms with E-state index in [4.69, 9.17) is 0 Å². The summed E-state index contributed by atoms with van der Waals surface area (Å²) < 4.78 is 13.2. The molecule has 1 heterocycles. The highest BCUT2D eigenvalue weighted by Gasteiger charge is 2.29. The number of nitrogens with one attached hydrogen (secondary N) is 1. The van der Waals surface area contributed by atoms with Gasteiger partial charge in [0.15, 0.2) is 0 Å². The minimum absolute atomic E-state index is 0.0409. The first-order chi connectivity index (χ1) is 12.2. The zero-order valence-corrected chi connectivity index (χ0v) is 15.2. The van der Waals surface area contributed by atoms with E-state index in [0.717, 1.165) is 44.5 Å². The number of halogens is 1. The Morgan fingerprint density at radius 3 is 2.56 bits per heavy atom. The van der Waals surface area contributed by atoms with E-state index in [-0.39, 0.29) is 17.9 Å². The molecular formula is C20H30FN3O. The Morgan fingerprint density at radius 1 is 1.20 bits per heavy atom. The molecule has 0 bridgehead atoms. The minimum atomic E-state index is -0.233. The lowest BCUT2D eigenvalue weighted by atomic mass is 9.94. The fourth-order valence-electron chi connectivity index (χ4n) is 4.04. The second kappa shape index (κ2) is 8.65. The van der Waals surface area contributed by atoms with E-state index in [0.29, 0.717) is 12.6 Å². The number of rotatable bonds is 5. The van der Waals surface area contributed by atoms with E-state index in [1.54, 1.807) is 12.1 Å². The normalized spacial score (nSPS) is 22.1. The van der Waals surface area contributed by atoms with Crippen LogP contribution in [-0.2, 0) is 6.54 Å². The van der Waals surface area contributed by atoms with Gasteiger partial charge in [-0.1, -0.05) is 38.3 Å². The molecule has 2 aliphatic rings. The van der Waals surface area contributed by atoms with Crippen molar-refractivity contribution >= 4 is 6.03 Å². The molecule has 2 amide bonds. The Bertz CT molecular complexity index is 557. The predicted molar refractivity (Wildman–Crippen MR) is 97.9 cm³/mol. The summed E-state index contributed by atoms with van der Waals surface area (Å²) in [6.45, 7) is 5.75. The Kier molecular flexibility index (Phi) is 6.29. The fraction of sp³-hybridized carbons (Fsp3) is 0.650. The highest BCUT2D eigenvalue weighted by Crippen LogP contribution is 2.24. The van der Waals surface area contributed by atoms with E-state index in [2.05, 4.69) is 17.1 Å². The number of nitrogens with zero attached hydrogens (tertiary/aromatic N) is 2. The number of likely N-dealkylation sites (N-methyl/N-ethyl adjacent to an activating group) is 1. The van der Waals surface area contributed by atoms with Crippen LogP contribution in [0.25, 0.3) is 0 Å². The molecule has 5 heteroatoms. The number of amides is 2. The Balaban J connectivity index is 1.66. The monoisotopic (exact) mass is 347 g/mol. The molecule has 2 fully saturated rings. The van der Waals surface area contributed by atoms with Gasteiger partial charge in [0.05, 0.1) is 0 Å². The zero-order chi connectivity index (χ0) is 17.6. The van der Waals surface area contributed by atoms with Crippen LogP contribution in [0.1, 0.15) is 51.0 Å². The van der Waals surface area contributed by atoms with Crippen LogP contribution in [0.2, 0.25) is 0 Å². The molecule has 1 aromatic carbocycles. The molecule has 138 valence electrons. The van der Waals surface area contributed by atoms with Crippen molar-refractivity contribution in [3.8, 4) is 0 Å². The topological polar surface area (TPSA) is 35.6 Å². The van der Waals surface area contributed by atoms with E-state index < -0.39 is 0 Å². The average molecular weight is 347 g/mol. The summed E-state index contributed by atoms with van der Waals surface area (Å²) in [7, 11) is 0. The zero-order valence-electron chi connectivity index (χ0n) is 15.2. The van der Waals surface area contributed by atoms with Gasteiger partial charge in [-0.15, -0.1) is 0 Å². The van der Waals surface area contributed by atoms with Gasteiger partial charge in [-0.05, 0) is 43.5 Å². The lowest BCUT2D eigenvalue weighted by Crippen LogP contribution is -2.50. The second-order valence-corrected chi connectivity index (χ2v) is 7.37. The van der Waals surface area contributed by atoms with Gasteiger partial charge in [0.1, 0.15) is 5.82 Å². The van der Waals surface area contributed by atoms with Gasteiger partial charge >= 0.3 is 6.03 Å². The number of urea groups is 1. The number of hydrogen-bond donors (Lipinski definition) is 1. The summed E-state index contributed by atoms with van der Waals surface area (Å²) in [5.41, 5.74) is 0.990. The summed E-state index contributed by atoms with van der Waals surface area (Å²) in [5.74, 6) is -0.233. The highest BCUT2D eigenvalue weighted by molar-refractivity contribution is 5.75. The van der Waals surface area contributed by atoms with Gasteiger partial charge in [0.25, 0.3) is 0 Å². The molecule has 1 aliphatic heterocycles. The summed E-state index contributed by atoms with van der Waals surface area (Å²) >= 11 is 0. The number of benzene rings is 1. The van der Waals surface area contributed by atoms with E-state index in [1.165, 1.54) is 31.4 Å². The first-order valence-corrected chi connectivity index (χ1v) is 9.69. The lowest BCUT2D eigenvalue weighted by Gasteiger charge is -2.35. The molecule has 0 unspecified atom stereocenters. The largest absolute Gasteiger partial charge is 0.334 e. The van der Waals surface area contributed by atoms with Gasteiger partial charge in [-0.25, -0.2) is 9.18 Å². The minimum Gasteiger partial charge on any atom is -0.334 e. The van der Waals surface area contributed by atoms with Gasteiger partial charge in [0.2, 0.25) is 0 Å². The molecular weight excluding hydrogens is 317 g/mol. The van der Waals surface area contributed by atoms with Crippen LogP contribution in [0, 0.1) is 5.82 Å². The third-order valence-electron chi connectivity index (χ3n) is 5.59. The maximum absolute atomic E-state index is 13.2. The maximum atomic E-state index is 13.2. The molecule has 1 saturated carbocycles. The second-order valence-electron chi connectivity index (χ2n) is 7.37. The van der Waals surface area contributed by atoms with Crippen LogP contribution in [0.3, 0.4) is 0 Å². The van der Waals surface area contributed by atoms with Crippen molar-refractivity contribution in [3.05, 3.63) is 35.6 Å². The van der Waals surface area contributed by atoms with E-state index in [1.807, 2.05) is 4.90 Å². The molecule has 0 radical (unpaired) electrons. The van der Waals surface area contributed by atoms with Crippen molar-refractivity contribution in [2.45, 2.75) is 64.1 Å². The van der Waals surface area contributed by atoms with Crippen LogP contribution >= 0.6 is 0 Å². The van der Waals surface area contributed by atoms with E-state index in [9.17, 15) is 9.18 Å². The molecule has 1 aliphatic carbocycles. The third-order valence-corrected chi connectivity index (χ3v) is 5.59. The third kappa shape index (κ3) is 4.94. The molecule has 0 spiro atoms. The summed E-state index contributed by atoms with van der Waals surface area (Å²) in [5, 5.41) is 3.24. The molecule has 25 heavy (non-hydrogen) atoms. The van der Waals surface area contributed by atoms with Crippen LogP contribution in [0.5, 0.6) is 0 Å². The molecule has 0 aromatic heterocycles. The van der Waals surface area contributed by atoms with Crippen molar-refractivity contribution in [3.63, 3.8) is 0 Å². The smallest absolute Gasteiger partial charge is 0.318 e. The summed E-state index contributed by atoms with van der Waals surface area (Å²) in [4.78, 5) is 17.3. The van der Waals surface area contributed by atoms with Crippen LogP contribution in [0.15, 0.2) is 24.3 Å². The van der Waals surface area contributed by atoms with Gasteiger partial charge in [0, 0.05) is 31.7 Å². The Hall–Kier alpha value is -1.62. The van der Waals surface area contributed by atoms with Crippen LogP contribution < -0.4 is 5.32 Å². The van der Waals surface area contributed by atoms with Crippen molar-refractivity contribution < 1.29 is 9.18 Å². The Morgan fingerprint density at radius 2 is 1.92 bits per heavy atom. The van der Waals surface area contributed by atoms with Crippen LogP contribution in [-0.4, -0.2) is 47.5 Å². The van der Waals surface area contributed by atoms with Crippen LogP contribution in [0.4, 0.5) is 9.18 Å². The fourth-order valence-corrected chi connectivity index (χ4v) is 4.04. The van der Waals surface area contributed by atoms with Crippen molar-refractivity contribution in [1.82, 2.24) is 15.1 Å². The first-order valence-electron chi connectivity index (χ1n) is 9.69.